The number of rotatable bonds is 10. The lowest BCUT2D eigenvalue weighted by Gasteiger charge is -2.20. The summed E-state index contributed by atoms with van der Waals surface area (Å²) < 4.78 is 5.67. The van der Waals surface area contributed by atoms with E-state index in [1.807, 2.05) is 42.5 Å². The number of H-pyrrole nitrogens is 1. The average molecular weight is 380 g/mol. The summed E-state index contributed by atoms with van der Waals surface area (Å²) >= 11 is 0. The fourth-order valence-corrected chi connectivity index (χ4v) is 3.19. The zero-order valence-corrected chi connectivity index (χ0v) is 16.7. The highest BCUT2D eigenvalue weighted by atomic mass is 16.5. The largest absolute Gasteiger partial charge is 0.381 e. The number of amides is 1. The zero-order valence-electron chi connectivity index (χ0n) is 16.7. The van der Waals surface area contributed by atoms with E-state index in [9.17, 15) is 4.79 Å². The summed E-state index contributed by atoms with van der Waals surface area (Å²) in [6.07, 6.45) is 2.06. The van der Waals surface area contributed by atoms with E-state index >= 15 is 0 Å². The van der Waals surface area contributed by atoms with Crippen molar-refractivity contribution in [2.24, 2.45) is 5.92 Å². The molecule has 5 heteroatoms. The molecule has 0 saturated heterocycles. The van der Waals surface area contributed by atoms with Crippen molar-refractivity contribution in [2.45, 2.75) is 39.2 Å². The molecule has 1 unspecified atom stereocenters. The lowest BCUT2D eigenvalue weighted by molar-refractivity contribution is -0.122. The molecule has 0 aliphatic heterocycles. The molecule has 2 aromatic carbocycles. The van der Waals surface area contributed by atoms with Crippen LogP contribution in [0.4, 0.5) is 0 Å². The van der Waals surface area contributed by atoms with Gasteiger partial charge in [0.25, 0.3) is 0 Å². The summed E-state index contributed by atoms with van der Waals surface area (Å²) in [5.74, 6) is 1.08. The molecule has 0 fully saturated rings. The van der Waals surface area contributed by atoms with Crippen molar-refractivity contribution >= 4 is 16.9 Å². The van der Waals surface area contributed by atoms with Gasteiger partial charge in [0, 0.05) is 13.0 Å². The number of para-hydroxylation sites is 2. The van der Waals surface area contributed by atoms with Gasteiger partial charge in [0.05, 0.1) is 23.7 Å². The van der Waals surface area contributed by atoms with Gasteiger partial charge < -0.3 is 15.0 Å². The molecule has 0 saturated carbocycles. The second kappa shape index (κ2) is 10.0. The molecule has 0 radical (unpaired) electrons. The molecule has 1 atom stereocenters. The van der Waals surface area contributed by atoms with E-state index in [4.69, 9.17) is 4.74 Å². The summed E-state index contributed by atoms with van der Waals surface area (Å²) in [6.45, 7) is 5.45. The van der Waals surface area contributed by atoms with Gasteiger partial charge in [-0.3, -0.25) is 4.79 Å². The van der Waals surface area contributed by atoms with Gasteiger partial charge in [-0.2, -0.15) is 0 Å². The molecule has 28 heavy (non-hydrogen) atoms. The molecule has 0 aliphatic carbocycles. The number of fused-ring (bicyclic) bond motifs is 1. The van der Waals surface area contributed by atoms with Crippen LogP contribution in [-0.2, 0) is 16.0 Å². The first-order chi connectivity index (χ1) is 13.6. The van der Waals surface area contributed by atoms with E-state index < -0.39 is 0 Å². The predicted molar refractivity (Wildman–Crippen MR) is 112 cm³/mol. The average Bonchev–Trinajstić information content (AvgIpc) is 3.13. The van der Waals surface area contributed by atoms with Crippen LogP contribution < -0.4 is 5.32 Å². The van der Waals surface area contributed by atoms with Crippen LogP contribution in [0, 0.1) is 5.92 Å². The van der Waals surface area contributed by atoms with Crippen molar-refractivity contribution in [3.05, 3.63) is 66.0 Å². The number of hydrogen-bond acceptors (Lipinski definition) is 3. The standard InChI is InChI=1S/C23H29N3O2/c1-17(2)22(23-24-19-11-6-7-12-20(19)25-23)26-21(27)13-8-15-28-16-14-18-9-4-3-5-10-18/h3-7,9-12,17,22H,8,13-16H2,1-2H3,(H,24,25)(H,26,27). The summed E-state index contributed by atoms with van der Waals surface area (Å²) in [7, 11) is 0. The van der Waals surface area contributed by atoms with Gasteiger partial charge in [0.15, 0.2) is 0 Å². The molecule has 148 valence electrons. The van der Waals surface area contributed by atoms with E-state index in [1.165, 1.54) is 5.56 Å². The maximum Gasteiger partial charge on any atom is 0.220 e. The Balaban J connectivity index is 1.42. The number of hydrogen-bond donors (Lipinski definition) is 2. The van der Waals surface area contributed by atoms with Crippen molar-refractivity contribution < 1.29 is 9.53 Å². The molecule has 0 bridgehead atoms. The summed E-state index contributed by atoms with van der Waals surface area (Å²) in [5.41, 5.74) is 3.18. The predicted octanol–water partition coefficient (Wildman–Crippen LogP) is 4.42. The Morgan fingerprint density at radius 1 is 1.07 bits per heavy atom. The van der Waals surface area contributed by atoms with Gasteiger partial charge in [0.2, 0.25) is 5.91 Å². The van der Waals surface area contributed by atoms with Crippen LogP contribution in [-0.4, -0.2) is 29.1 Å². The second-order valence-corrected chi connectivity index (χ2v) is 7.38. The summed E-state index contributed by atoms with van der Waals surface area (Å²) in [4.78, 5) is 20.4. The van der Waals surface area contributed by atoms with E-state index in [1.54, 1.807) is 0 Å². The molecule has 5 nitrogen and oxygen atoms in total. The van der Waals surface area contributed by atoms with Gasteiger partial charge in [0.1, 0.15) is 5.82 Å². The minimum absolute atomic E-state index is 0.0332. The van der Waals surface area contributed by atoms with Crippen LogP contribution in [0.25, 0.3) is 11.0 Å². The summed E-state index contributed by atoms with van der Waals surface area (Å²) in [6, 6.07) is 18.1. The SMILES string of the molecule is CC(C)C(NC(=O)CCCOCCc1ccccc1)c1nc2ccccc2[nH]1. The minimum Gasteiger partial charge on any atom is -0.381 e. The van der Waals surface area contributed by atoms with Gasteiger partial charge >= 0.3 is 0 Å². The highest BCUT2D eigenvalue weighted by Gasteiger charge is 2.21. The van der Waals surface area contributed by atoms with E-state index in [0.29, 0.717) is 26.1 Å². The Labute approximate surface area is 166 Å². The highest BCUT2D eigenvalue weighted by molar-refractivity contribution is 5.77. The number of imidazole rings is 1. The Morgan fingerprint density at radius 2 is 1.82 bits per heavy atom. The third kappa shape index (κ3) is 5.67. The number of nitrogens with zero attached hydrogens (tertiary/aromatic N) is 1. The Kier molecular flexibility index (Phi) is 7.20. The number of nitrogens with one attached hydrogen (secondary N) is 2. The maximum atomic E-state index is 12.4. The number of carbonyl (C=O) groups excluding carboxylic acids is 1. The lowest BCUT2D eigenvalue weighted by Crippen LogP contribution is -2.32. The fourth-order valence-electron chi connectivity index (χ4n) is 3.19. The first kappa shape index (κ1) is 20.1. The first-order valence-corrected chi connectivity index (χ1v) is 9.99. The quantitative estimate of drug-likeness (QED) is 0.513. The number of aromatic nitrogens is 2. The Morgan fingerprint density at radius 3 is 2.57 bits per heavy atom. The van der Waals surface area contributed by atoms with Crippen LogP contribution >= 0.6 is 0 Å². The van der Waals surface area contributed by atoms with Crippen LogP contribution in [0.1, 0.15) is 44.1 Å². The zero-order chi connectivity index (χ0) is 19.8. The molecule has 1 heterocycles. The molecular formula is C23H29N3O2. The normalized spacial score (nSPS) is 12.4. The van der Waals surface area contributed by atoms with Crippen molar-refractivity contribution in [1.29, 1.82) is 0 Å². The molecule has 2 N–H and O–H groups in total. The van der Waals surface area contributed by atoms with E-state index in [-0.39, 0.29) is 17.9 Å². The molecule has 0 aliphatic rings. The lowest BCUT2D eigenvalue weighted by atomic mass is 10.0. The number of carbonyl (C=O) groups is 1. The van der Waals surface area contributed by atoms with E-state index in [2.05, 4.69) is 41.3 Å². The molecule has 0 spiro atoms. The van der Waals surface area contributed by atoms with Crippen molar-refractivity contribution in [1.82, 2.24) is 15.3 Å². The van der Waals surface area contributed by atoms with Crippen molar-refractivity contribution in [3.8, 4) is 0 Å². The van der Waals surface area contributed by atoms with Gasteiger partial charge in [-0.05, 0) is 36.5 Å². The van der Waals surface area contributed by atoms with Crippen molar-refractivity contribution in [3.63, 3.8) is 0 Å². The minimum atomic E-state index is -0.126. The Bertz CT molecular complexity index is 841. The van der Waals surface area contributed by atoms with Crippen molar-refractivity contribution in [2.75, 3.05) is 13.2 Å². The fraction of sp³-hybridized carbons (Fsp3) is 0.391. The van der Waals surface area contributed by atoms with Gasteiger partial charge in [-0.25, -0.2) is 4.98 Å². The smallest absolute Gasteiger partial charge is 0.220 e. The third-order valence-corrected chi connectivity index (χ3v) is 4.76. The third-order valence-electron chi connectivity index (χ3n) is 4.76. The molecule has 1 amide bonds. The molecular weight excluding hydrogens is 350 g/mol. The topological polar surface area (TPSA) is 67.0 Å². The number of benzene rings is 2. The second-order valence-electron chi connectivity index (χ2n) is 7.38. The molecule has 1 aromatic heterocycles. The van der Waals surface area contributed by atoms with Gasteiger partial charge in [-0.1, -0.05) is 56.3 Å². The van der Waals surface area contributed by atoms with Crippen LogP contribution in [0.15, 0.2) is 54.6 Å². The summed E-state index contributed by atoms with van der Waals surface area (Å²) in [5, 5.41) is 3.12. The van der Waals surface area contributed by atoms with Crippen LogP contribution in [0.3, 0.4) is 0 Å². The molecule has 3 aromatic rings. The number of ether oxygens (including phenoxy) is 1. The highest BCUT2D eigenvalue weighted by Crippen LogP contribution is 2.22. The van der Waals surface area contributed by atoms with E-state index in [0.717, 1.165) is 23.3 Å². The molecule has 3 rings (SSSR count). The Hall–Kier alpha value is -2.66. The van der Waals surface area contributed by atoms with Gasteiger partial charge in [-0.15, -0.1) is 0 Å². The van der Waals surface area contributed by atoms with Crippen LogP contribution in [0.2, 0.25) is 0 Å². The first-order valence-electron chi connectivity index (χ1n) is 9.99. The van der Waals surface area contributed by atoms with Crippen LogP contribution in [0.5, 0.6) is 0 Å². The number of aromatic amines is 1. The monoisotopic (exact) mass is 379 g/mol. The maximum absolute atomic E-state index is 12.4.